The van der Waals surface area contributed by atoms with Gasteiger partial charge in [0.1, 0.15) is 5.92 Å². The predicted molar refractivity (Wildman–Crippen MR) is 69.9 cm³/mol. The van der Waals surface area contributed by atoms with E-state index in [2.05, 4.69) is 5.10 Å². The standard InChI is InChI=1S/C11H18FN4O4.CO2/c1-4-8(11(17)20-5-2)9(7-15(18)19)10-6-13-14(3)16(10)12;2-1-3/h6,8-9H,4-5,7H2,1-3H3;/q+1;/t8?,9-;/m0./s1. The van der Waals surface area contributed by atoms with Gasteiger partial charge in [-0.3, -0.25) is 14.9 Å². The number of carbonyl (C=O) groups excluding carboxylic acids is 3. The maximum atomic E-state index is 13.9. The Morgan fingerprint density at radius 1 is 1.57 bits per heavy atom. The number of nitrogens with zero attached hydrogens (tertiary/aromatic N) is 4. The maximum Gasteiger partial charge on any atom is 0.373 e. The zero-order valence-electron chi connectivity index (χ0n) is 13.0. The summed E-state index contributed by atoms with van der Waals surface area (Å²) >= 11 is 0. The molecule has 1 heterocycles. The highest BCUT2D eigenvalue weighted by atomic mass is 19.2. The lowest BCUT2D eigenvalue weighted by atomic mass is 9.87. The first kappa shape index (κ1) is 20.3. The number of nitro groups is 1. The number of rotatable bonds is 7. The molecule has 0 radical (unpaired) electrons. The molecule has 2 atom stereocenters. The van der Waals surface area contributed by atoms with Crippen LogP contribution >= 0.6 is 0 Å². The van der Waals surface area contributed by atoms with Gasteiger partial charge in [-0.1, -0.05) is 6.92 Å². The van der Waals surface area contributed by atoms with E-state index in [0.29, 0.717) is 6.42 Å². The summed E-state index contributed by atoms with van der Waals surface area (Å²) in [6.07, 6.45) is 1.75. The van der Waals surface area contributed by atoms with Crippen molar-refractivity contribution in [2.24, 2.45) is 13.0 Å². The summed E-state index contributed by atoms with van der Waals surface area (Å²) in [5, 5.41) is 14.5. The summed E-state index contributed by atoms with van der Waals surface area (Å²) in [5.41, 5.74) is -0.0101. The molecule has 0 amide bonds. The van der Waals surface area contributed by atoms with Crippen molar-refractivity contribution < 1.29 is 33.4 Å². The Hall–Kier alpha value is -2.68. The fourth-order valence-corrected chi connectivity index (χ4v) is 2.09. The Morgan fingerprint density at radius 2 is 2.13 bits per heavy atom. The Balaban J connectivity index is 0.00000149. The van der Waals surface area contributed by atoms with E-state index in [1.165, 1.54) is 13.2 Å². The molecule has 0 saturated carbocycles. The van der Waals surface area contributed by atoms with E-state index in [1.54, 1.807) is 13.8 Å². The van der Waals surface area contributed by atoms with Crippen LogP contribution in [0.4, 0.5) is 4.48 Å². The molecule has 1 rings (SSSR count). The summed E-state index contributed by atoms with van der Waals surface area (Å²) in [7, 11) is 1.36. The van der Waals surface area contributed by atoms with Crippen molar-refractivity contribution in [3.05, 3.63) is 22.0 Å². The number of aryl methyl sites for hydroxylation is 1. The van der Waals surface area contributed by atoms with Gasteiger partial charge in [-0.2, -0.15) is 9.59 Å². The first-order chi connectivity index (χ1) is 10.8. The number of hydrogen-bond acceptors (Lipinski definition) is 7. The normalized spacial score (nSPS) is 12.3. The van der Waals surface area contributed by atoms with Gasteiger partial charge in [0.25, 0.3) is 0 Å². The van der Waals surface area contributed by atoms with Gasteiger partial charge in [-0.25, -0.2) is 0 Å². The smallest absolute Gasteiger partial charge is 0.373 e. The summed E-state index contributed by atoms with van der Waals surface area (Å²) in [6, 6.07) is 0. The van der Waals surface area contributed by atoms with Crippen molar-refractivity contribution in [3.63, 3.8) is 0 Å². The molecule has 0 spiro atoms. The van der Waals surface area contributed by atoms with Crippen molar-refractivity contribution in [2.45, 2.75) is 26.2 Å². The molecule has 23 heavy (non-hydrogen) atoms. The van der Waals surface area contributed by atoms with Crippen LogP contribution < -0.4 is 4.90 Å². The average Bonchev–Trinajstić information content (AvgIpc) is 2.79. The second-order valence-electron chi connectivity index (χ2n) is 4.39. The molecule has 0 aliphatic heterocycles. The molecular weight excluding hydrogens is 315 g/mol. The van der Waals surface area contributed by atoms with E-state index in [0.717, 1.165) is 4.80 Å². The summed E-state index contributed by atoms with van der Waals surface area (Å²) in [4.78, 5) is 39.5. The summed E-state index contributed by atoms with van der Waals surface area (Å²) < 4.78 is 18.8. The van der Waals surface area contributed by atoms with E-state index in [1.807, 2.05) is 0 Å². The van der Waals surface area contributed by atoms with Crippen molar-refractivity contribution in [3.8, 4) is 0 Å². The van der Waals surface area contributed by atoms with Gasteiger partial charge in [0.15, 0.2) is 0 Å². The third-order valence-corrected chi connectivity index (χ3v) is 3.06. The molecule has 128 valence electrons. The van der Waals surface area contributed by atoms with Crippen LogP contribution in [0.1, 0.15) is 31.9 Å². The maximum absolute atomic E-state index is 13.9. The topological polar surface area (TPSA) is 125 Å². The highest BCUT2D eigenvalue weighted by Gasteiger charge is 2.40. The average molecular weight is 333 g/mol. The zero-order chi connectivity index (χ0) is 18.0. The lowest BCUT2D eigenvalue weighted by Gasteiger charge is -2.18. The van der Waals surface area contributed by atoms with Crippen molar-refractivity contribution >= 4 is 12.1 Å². The lowest BCUT2D eigenvalue weighted by molar-refractivity contribution is -0.916. The molecule has 1 unspecified atom stereocenters. The molecule has 0 saturated heterocycles. The highest BCUT2D eigenvalue weighted by Crippen LogP contribution is 2.26. The van der Waals surface area contributed by atoms with Gasteiger partial charge in [0, 0.05) is 19.4 Å². The predicted octanol–water partition coefficient (Wildman–Crippen LogP) is -0.194. The number of halogens is 1. The number of carbonyl (C=O) groups is 1. The third-order valence-electron chi connectivity index (χ3n) is 3.06. The lowest BCUT2D eigenvalue weighted by Crippen LogP contribution is -2.41. The molecule has 0 bridgehead atoms. The molecular formula is C12H18FN4O6+. The van der Waals surface area contributed by atoms with Crippen LogP contribution in [0.15, 0.2) is 6.20 Å². The Bertz CT molecular complexity index is 570. The third kappa shape index (κ3) is 5.91. The minimum atomic E-state index is -0.923. The van der Waals surface area contributed by atoms with Crippen LogP contribution in [0, 0.1) is 16.0 Å². The van der Waals surface area contributed by atoms with Gasteiger partial charge in [-0.15, -0.1) is 0 Å². The fourth-order valence-electron chi connectivity index (χ4n) is 2.09. The molecule has 1 aromatic heterocycles. The Kier molecular flexibility index (Phi) is 8.94. The van der Waals surface area contributed by atoms with Crippen molar-refractivity contribution in [1.82, 2.24) is 9.90 Å². The molecule has 0 fully saturated rings. The van der Waals surface area contributed by atoms with Crippen LogP contribution in [0.5, 0.6) is 0 Å². The summed E-state index contributed by atoms with van der Waals surface area (Å²) in [6.45, 7) is 2.95. The molecule has 1 aromatic rings. The quantitative estimate of drug-likeness (QED) is 0.384. The molecule has 0 aliphatic carbocycles. The zero-order valence-corrected chi connectivity index (χ0v) is 13.0. The van der Waals surface area contributed by atoms with Crippen LogP contribution in [0.25, 0.3) is 0 Å². The number of aromatic nitrogens is 3. The van der Waals surface area contributed by atoms with Crippen LogP contribution in [0.2, 0.25) is 0 Å². The van der Waals surface area contributed by atoms with E-state index < -0.39 is 29.3 Å². The van der Waals surface area contributed by atoms with E-state index in [9.17, 15) is 19.4 Å². The minimum Gasteiger partial charge on any atom is -0.466 e. The van der Waals surface area contributed by atoms with Crippen molar-refractivity contribution in [2.75, 3.05) is 13.2 Å². The van der Waals surface area contributed by atoms with E-state index >= 15 is 0 Å². The number of ether oxygens (including phenoxy) is 1. The SMILES string of the molecule is CCOC(=O)C(CC)[C@H](C[N+](=O)[O-])c1cnn(C)[n+]1F.O=C=O. The van der Waals surface area contributed by atoms with Gasteiger partial charge in [0.2, 0.25) is 18.4 Å². The largest absolute Gasteiger partial charge is 0.466 e. The summed E-state index contributed by atoms with van der Waals surface area (Å²) in [5.74, 6) is -2.27. The second kappa shape index (κ2) is 10.1. The highest BCUT2D eigenvalue weighted by molar-refractivity contribution is 5.73. The molecule has 11 heteroatoms. The van der Waals surface area contributed by atoms with Crippen LogP contribution in [-0.4, -0.2) is 40.1 Å². The molecule has 0 aromatic carbocycles. The fraction of sp³-hybridized carbons (Fsp3) is 0.667. The van der Waals surface area contributed by atoms with Gasteiger partial charge < -0.3 is 4.74 Å². The number of esters is 1. The monoisotopic (exact) mass is 333 g/mol. The van der Waals surface area contributed by atoms with E-state index in [4.69, 9.17) is 14.3 Å². The van der Waals surface area contributed by atoms with Gasteiger partial charge >= 0.3 is 12.1 Å². The second-order valence-corrected chi connectivity index (χ2v) is 4.39. The molecule has 0 N–H and O–H groups in total. The first-order valence-corrected chi connectivity index (χ1v) is 6.71. The minimum absolute atomic E-state index is 0.0101. The first-order valence-electron chi connectivity index (χ1n) is 6.71. The Labute approximate surface area is 130 Å². The van der Waals surface area contributed by atoms with Crippen molar-refractivity contribution in [1.29, 1.82) is 0 Å². The van der Waals surface area contributed by atoms with Gasteiger partial charge in [-0.05, 0) is 18.1 Å². The van der Waals surface area contributed by atoms with Crippen LogP contribution in [-0.2, 0) is 26.2 Å². The van der Waals surface area contributed by atoms with Gasteiger partial charge in [0.05, 0.1) is 19.6 Å². The van der Waals surface area contributed by atoms with E-state index in [-0.39, 0.29) is 23.4 Å². The molecule has 0 aliphatic rings. The number of hydrogen-bond donors (Lipinski definition) is 0. The molecule has 10 nitrogen and oxygen atoms in total. The Morgan fingerprint density at radius 3 is 2.48 bits per heavy atom. The van der Waals surface area contributed by atoms with Crippen LogP contribution in [0.3, 0.4) is 0 Å².